The second kappa shape index (κ2) is 8.26. The zero-order chi connectivity index (χ0) is 18.7. The number of carbonyl (C=O) groups is 2. The van der Waals surface area contributed by atoms with E-state index in [1.54, 1.807) is 24.3 Å². The summed E-state index contributed by atoms with van der Waals surface area (Å²) in [5, 5.41) is 10.1. The molecule has 9 heteroatoms. The second-order valence-corrected chi connectivity index (χ2v) is 7.88. The van der Waals surface area contributed by atoms with Crippen LogP contribution in [0, 0.1) is 0 Å². The Hall–Kier alpha value is -1.80. The van der Waals surface area contributed by atoms with Crippen LogP contribution in [-0.2, 0) is 0 Å². The Morgan fingerprint density at radius 3 is 2.73 bits per heavy atom. The van der Waals surface area contributed by atoms with Crippen molar-refractivity contribution in [1.29, 1.82) is 0 Å². The Morgan fingerprint density at radius 2 is 2.08 bits per heavy atom. The molecule has 0 unspecified atom stereocenters. The molecule has 1 atom stereocenters. The van der Waals surface area contributed by atoms with Gasteiger partial charge in [-0.25, -0.2) is 4.79 Å². The number of halogens is 2. The number of nitrogens with two attached hydrogens (primary N) is 1. The minimum atomic E-state index is -0.728. The normalized spacial score (nSPS) is 16.9. The van der Waals surface area contributed by atoms with Crippen LogP contribution in [0.2, 0.25) is 10.0 Å². The number of hydrogen-bond donors (Lipinski definition) is 4. The average molecular weight is 413 g/mol. The van der Waals surface area contributed by atoms with E-state index in [0.717, 1.165) is 36.4 Å². The molecule has 5 N–H and O–H groups in total. The number of piperidine rings is 1. The third kappa shape index (κ3) is 4.48. The van der Waals surface area contributed by atoms with Crippen LogP contribution in [0.4, 0.5) is 9.80 Å². The minimum absolute atomic E-state index is 0.0557. The van der Waals surface area contributed by atoms with Crippen LogP contribution in [0.1, 0.15) is 23.2 Å². The monoisotopic (exact) mass is 412 g/mol. The number of rotatable bonds is 4. The molecular formula is C17H18Cl2N4O2S. The largest absolute Gasteiger partial charge is 0.351 e. The summed E-state index contributed by atoms with van der Waals surface area (Å²) in [5.74, 6) is -0.255. The lowest BCUT2D eigenvalue weighted by Crippen LogP contribution is -2.45. The van der Waals surface area contributed by atoms with Gasteiger partial charge in [-0.2, -0.15) is 0 Å². The van der Waals surface area contributed by atoms with Crippen molar-refractivity contribution in [2.45, 2.75) is 18.9 Å². The predicted octanol–water partition coefficient (Wildman–Crippen LogP) is 3.69. The lowest BCUT2D eigenvalue weighted by Gasteiger charge is -2.23. The maximum Gasteiger partial charge on any atom is 0.317 e. The molecule has 26 heavy (non-hydrogen) atoms. The second-order valence-electron chi connectivity index (χ2n) is 5.98. The van der Waals surface area contributed by atoms with Gasteiger partial charge in [0.25, 0.3) is 5.91 Å². The van der Waals surface area contributed by atoms with Gasteiger partial charge in [-0.1, -0.05) is 29.3 Å². The average Bonchev–Trinajstić information content (AvgIpc) is 2.98. The Morgan fingerprint density at radius 1 is 1.27 bits per heavy atom. The summed E-state index contributed by atoms with van der Waals surface area (Å²) in [6.07, 6.45) is 1.92. The summed E-state index contributed by atoms with van der Waals surface area (Å²) >= 11 is 13.4. The highest BCUT2D eigenvalue weighted by atomic mass is 35.5. The standard InChI is InChI=1S/C17H18Cl2N4O2S/c18-9-3-4-11(13(19)6-9)14-7-12(16(26-14)23-17(20)25)15(24)22-10-2-1-5-21-8-10/h3-4,6-7,10,21H,1-2,5,8H2,(H,22,24)(H3,20,23,25)/t10-/m0/s1. The van der Waals surface area contributed by atoms with Crippen LogP contribution in [0.5, 0.6) is 0 Å². The molecule has 0 bridgehead atoms. The van der Waals surface area contributed by atoms with E-state index in [1.807, 2.05) is 0 Å². The number of carbonyl (C=O) groups excluding carboxylic acids is 2. The predicted molar refractivity (Wildman–Crippen MR) is 106 cm³/mol. The first-order valence-corrected chi connectivity index (χ1v) is 9.68. The fourth-order valence-corrected chi connectivity index (χ4v) is 4.49. The molecule has 0 spiro atoms. The summed E-state index contributed by atoms with van der Waals surface area (Å²) in [7, 11) is 0. The Balaban J connectivity index is 1.91. The first-order valence-electron chi connectivity index (χ1n) is 8.11. The molecule has 0 radical (unpaired) electrons. The van der Waals surface area contributed by atoms with Gasteiger partial charge in [0, 0.05) is 28.0 Å². The van der Waals surface area contributed by atoms with E-state index in [-0.39, 0.29) is 11.9 Å². The Kier molecular flexibility index (Phi) is 6.03. The quantitative estimate of drug-likeness (QED) is 0.616. The molecule has 2 aromatic rings. The molecule has 0 saturated carbocycles. The number of primary amides is 1. The van der Waals surface area contributed by atoms with E-state index in [9.17, 15) is 9.59 Å². The van der Waals surface area contributed by atoms with Crippen LogP contribution < -0.4 is 21.7 Å². The fraction of sp³-hybridized carbons (Fsp3) is 0.294. The van der Waals surface area contributed by atoms with E-state index >= 15 is 0 Å². The molecule has 1 aliphatic heterocycles. The number of benzene rings is 1. The topological polar surface area (TPSA) is 96.2 Å². The van der Waals surface area contributed by atoms with Crippen molar-refractivity contribution >= 4 is 51.5 Å². The number of thiophene rings is 1. The first kappa shape index (κ1) is 19.0. The summed E-state index contributed by atoms with van der Waals surface area (Å²) in [4.78, 5) is 24.8. The summed E-state index contributed by atoms with van der Waals surface area (Å²) in [5.41, 5.74) is 6.34. The van der Waals surface area contributed by atoms with Crippen molar-refractivity contribution in [3.63, 3.8) is 0 Å². The first-order chi connectivity index (χ1) is 12.4. The molecular weight excluding hydrogens is 395 g/mol. The van der Waals surface area contributed by atoms with Gasteiger partial charge in [-0.05, 0) is 37.6 Å². The van der Waals surface area contributed by atoms with Crippen LogP contribution in [0.3, 0.4) is 0 Å². The number of nitrogens with one attached hydrogen (secondary N) is 3. The van der Waals surface area contributed by atoms with Gasteiger partial charge in [-0.15, -0.1) is 11.3 Å². The van der Waals surface area contributed by atoms with Crippen LogP contribution in [-0.4, -0.2) is 31.1 Å². The van der Waals surface area contributed by atoms with Crippen molar-refractivity contribution in [1.82, 2.24) is 10.6 Å². The van der Waals surface area contributed by atoms with Crippen molar-refractivity contribution in [2.24, 2.45) is 5.73 Å². The van der Waals surface area contributed by atoms with Gasteiger partial charge >= 0.3 is 6.03 Å². The third-order valence-electron chi connectivity index (χ3n) is 4.04. The van der Waals surface area contributed by atoms with Crippen LogP contribution in [0.25, 0.3) is 10.4 Å². The summed E-state index contributed by atoms with van der Waals surface area (Å²) in [6.45, 7) is 1.68. The van der Waals surface area contributed by atoms with Gasteiger partial charge in [0.15, 0.2) is 0 Å². The molecule has 1 aromatic heterocycles. The minimum Gasteiger partial charge on any atom is -0.351 e. The zero-order valence-electron chi connectivity index (χ0n) is 13.8. The van der Waals surface area contributed by atoms with Crippen LogP contribution in [0.15, 0.2) is 24.3 Å². The molecule has 1 aromatic carbocycles. The highest BCUT2D eigenvalue weighted by molar-refractivity contribution is 7.20. The molecule has 2 heterocycles. The molecule has 6 nitrogen and oxygen atoms in total. The number of amides is 3. The van der Waals surface area contributed by atoms with Crippen LogP contribution >= 0.6 is 34.5 Å². The molecule has 138 valence electrons. The van der Waals surface area contributed by atoms with E-state index in [4.69, 9.17) is 28.9 Å². The number of hydrogen-bond acceptors (Lipinski definition) is 4. The van der Waals surface area contributed by atoms with Gasteiger partial charge in [-0.3, -0.25) is 10.1 Å². The van der Waals surface area contributed by atoms with Crippen molar-refractivity contribution in [3.05, 3.63) is 39.9 Å². The van der Waals surface area contributed by atoms with E-state index < -0.39 is 6.03 Å². The highest BCUT2D eigenvalue weighted by Crippen LogP contribution is 2.39. The maximum absolute atomic E-state index is 12.7. The molecule has 0 aliphatic carbocycles. The Labute approximate surface area is 165 Å². The molecule has 1 fully saturated rings. The fourth-order valence-electron chi connectivity index (χ4n) is 2.82. The van der Waals surface area contributed by atoms with Gasteiger partial charge in [0.2, 0.25) is 0 Å². The van der Waals surface area contributed by atoms with Crippen molar-refractivity contribution < 1.29 is 9.59 Å². The van der Waals surface area contributed by atoms with E-state index in [2.05, 4.69) is 16.0 Å². The SMILES string of the molecule is NC(=O)Nc1sc(-c2ccc(Cl)cc2Cl)cc1C(=O)N[C@H]1CCCNC1. The maximum atomic E-state index is 12.7. The van der Waals surface area contributed by atoms with Crippen molar-refractivity contribution in [2.75, 3.05) is 18.4 Å². The lowest BCUT2D eigenvalue weighted by atomic mass is 10.1. The van der Waals surface area contributed by atoms with Gasteiger partial charge < -0.3 is 16.4 Å². The lowest BCUT2D eigenvalue weighted by molar-refractivity contribution is 0.0932. The number of anilines is 1. The summed E-state index contributed by atoms with van der Waals surface area (Å²) < 4.78 is 0. The smallest absolute Gasteiger partial charge is 0.317 e. The highest BCUT2D eigenvalue weighted by Gasteiger charge is 2.22. The molecule has 3 rings (SSSR count). The van der Waals surface area contributed by atoms with Gasteiger partial charge in [0.1, 0.15) is 5.00 Å². The van der Waals surface area contributed by atoms with Crippen molar-refractivity contribution in [3.8, 4) is 10.4 Å². The zero-order valence-corrected chi connectivity index (χ0v) is 16.1. The molecule has 3 amide bonds. The van der Waals surface area contributed by atoms with E-state index in [1.165, 1.54) is 11.3 Å². The van der Waals surface area contributed by atoms with E-state index in [0.29, 0.717) is 20.6 Å². The summed E-state index contributed by atoms with van der Waals surface area (Å²) in [6, 6.07) is 6.16. The van der Waals surface area contributed by atoms with Gasteiger partial charge in [0.05, 0.1) is 10.6 Å². The number of urea groups is 1. The molecule has 1 aliphatic rings. The molecule has 1 saturated heterocycles. The Bertz CT molecular complexity index is 834. The third-order valence-corrected chi connectivity index (χ3v) is 5.67.